The maximum atomic E-state index is 11.1. The molecule has 0 saturated heterocycles. The van der Waals surface area contributed by atoms with Crippen LogP contribution in [0.4, 0.5) is 0 Å². The third kappa shape index (κ3) is 12.5. The number of carbonyl (C=O) groups excluding carboxylic acids is 1. The number of rotatable bonds is 8. The third-order valence-corrected chi connectivity index (χ3v) is 2.37. The van der Waals surface area contributed by atoms with E-state index >= 15 is 0 Å². The Bertz CT molecular complexity index is 260. The van der Waals surface area contributed by atoms with Gasteiger partial charge in [-0.15, -0.1) is 0 Å². The number of aliphatic carboxylic acids is 1. The molecule has 0 amide bonds. The fraction of sp³-hybridized carbons (Fsp3) is 0.667. The van der Waals surface area contributed by atoms with E-state index in [2.05, 4.69) is 13.8 Å². The van der Waals surface area contributed by atoms with Crippen LogP contribution in [0.3, 0.4) is 0 Å². The largest absolute Gasteiger partial charge is 2.00 e. The molecule has 4 nitrogen and oxygen atoms in total. The van der Waals surface area contributed by atoms with Crippen molar-refractivity contribution in [1.29, 1.82) is 0 Å². The van der Waals surface area contributed by atoms with E-state index < -0.39 is 11.9 Å². The van der Waals surface area contributed by atoms with E-state index in [0.717, 1.165) is 37.8 Å². The predicted molar refractivity (Wildman–Crippen MR) is 69.0 cm³/mol. The first-order valence-corrected chi connectivity index (χ1v) is 5.67. The molecule has 0 aromatic carbocycles. The zero-order valence-corrected chi connectivity index (χ0v) is 15.1. The second-order valence-corrected chi connectivity index (χ2v) is 3.72. The molecule has 0 fully saturated rings. The van der Waals surface area contributed by atoms with Gasteiger partial charge in [-0.1, -0.05) is 33.1 Å². The quantitative estimate of drug-likeness (QED) is 0.406. The first-order valence-electron chi connectivity index (χ1n) is 5.67. The minimum atomic E-state index is -1.14. The van der Waals surface area contributed by atoms with Gasteiger partial charge < -0.3 is 12.7 Å². The topological polar surface area (TPSA) is 63.6 Å². The van der Waals surface area contributed by atoms with E-state index in [1.807, 2.05) is 0 Å². The average molecular weight is 368 g/mol. The number of carboxylic acids is 1. The summed E-state index contributed by atoms with van der Waals surface area (Å²) < 4.78 is 4.95. The van der Waals surface area contributed by atoms with Crippen molar-refractivity contribution in [3.8, 4) is 0 Å². The van der Waals surface area contributed by atoms with Gasteiger partial charge in [-0.2, -0.15) is 0 Å². The van der Waals surface area contributed by atoms with Crippen LogP contribution in [0.1, 0.15) is 42.4 Å². The molecule has 0 aliphatic heterocycles. The van der Waals surface area contributed by atoms with Gasteiger partial charge in [0.1, 0.15) is 0 Å². The Kier molecular flexibility index (Phi) is 14.6. The van der Waals surface area contributed by atoms with Crippen molar-refractivity contribution in [1.82, 2.24) is 0 Å². The van der Waals surface area contributed by atoms with Gasteiger partial charge in [0.25, 0.3) is 0 Å². The van der Waals surface area contributed by atoms with Gasteiger partial charge in [-0.25, -0.2) is 9.59 Å². The zero-order valence-electron chi connectivity index (χ0n) is 12.6. The Morgan fingerprint density at radius 2 is 2.00 bits per heavy atom. The number of ether oxygens (including phenoxy) is 1. The zero-order chi connectivity index (χ0) is 12.4. The molecule has 1 N–H and O–H groups in total. The minimum Gasteiger partial charge on any atom is -1.00 e. The van der Waals surface area contributed by atoms with Crippen LogP contribution in [0.5, 0.6) is 0 Å². The van der Waals surface area contributed by atoms with E-state index in [9.17, 15) is 9.59 Å². The van der Waals surface area contributed by atoms with Crippen molar-refractivity contribution in [2.75, 3.05) is 6.61 Å². The van der Waals surface area contributed by atoms with Crippen LogP contribution < -0.4 is 0 Å². The molecule has 96 valence electrons. The first kappa shape index (κ1) is 19.6. The van der Waals surface area contributed by atoms with Crippen LogP contribution in [-0.4, -0.2) is 72.5 Å². The fourth-order valence-corrected chi connectivity index (χ4v) is 1.29. The summed E-state index contributed by atoms with van der Waals surface area (Å²) in [6.07, 6.45) is 5.99. The van der Waals surface area contributed by atoms with Crippen LogP contribution in [-0.2, 0) is 14.3 Å². The summed E-state index contributed by atoms with van der Waals surface area (Å²) in [5, 5.41) is 8.31. The molecule has 0 saturated carbocycles. The monoisotopic (exact) mass is 368 g/mol. The predicted octanol–water partition coefficient (Wildman–Crippen LogP) is 2.23. The molecule has 0 spiro atoms. The normalized spacial score (nSPS) is 11.9. The summed E-state index contributed by atoms with van der Waals surface area (Å²) >= 11 is 0. The molecule has 17 heavy (non-hydrogen) atoms. The summed E-state index contributed by atoms with van der Waals surface area (Å²) in [4.78, 5) is 21.2. The van der Waals surface area contributed by atoms with E-state index in [-0.39, 0.29) is 51.7 Å². The van der Waals surface area contributed by atoms with Crippen molar-refractivity contribution in [3.63, 3.8) is 0 Å². The molecule has 0 aliphatic carbocycles. The maximum Gasteiger partial charge on any atom is 2.00 e. The number of carbonyl (C=O) groups is 2. The van der Waals surface area contributed by atoms with E-state index in [0.29, 0.717) is 12.5 Å². The van der Waals surface area contributed by atoms with Crippen molar-refractivity contribution in [2.24, 2.45) is 5.92 Å². The van der Waals surface area contributed by atoms with Crippen LogP contribution in [0.15, 0.2) is 12.2 Å². The van der Waals surface area contributed by atoms with Crippen LogP contribution >= 0.6 is 0 Å². The summed E-state index contributed by atoms with van der Waals surface area (Å²) in [6, 6.07) is 0. The fourth-order valence-electron chi connectivity index (χ4n) is 1.29. The van der Waals surface area contributed by atoms with Gasteiger partial charge >= 0.3 is 60.8 Å². The summed E-state index contributed by atoms with van der Waals surface area (Å²) in [5.74, 6) is -1.35. The third-order valence-electron chi connectivity index (χ3n) is 2.37. The second-order valence-electron chi connectivity index (χ2n) is 3.72. The molecule has 1 unspecified atom stereocenters. The van der Waals surface area contributed by atoms with Crippen molar-refractivity contribution >= 4 is 60.8 Å². The molecule has 0 heterocycles. The molecular formula is C12H22BaO4. The molecule has 0 aromatic heterocycles. The Balaban J connectivity index is -0.000000375. The summed E-state index contributed by atoms with van der Waals surface area (Å²) in [6.45, 7) is 4.55. The Morgan fingerprint density at radius 3 is 2.47 bits per heavy atom. The van der Waals surface area contributed by atoms with Gasteiger partial charge in [0.2, 0.25) is 0 Å². The summed E-state index contributed by atoms with van der Waals surface area (Å²) in [5.41, 5.74) is 0. The van der Waals surface area contributed by atoms with Crippen molar-refractivity contribution < 1.29 is 22.3 Å². The summed E-state index contributed by atoms with van der Waals surface area (Å²) in [7, 11) is 0. The van der Waals surface area contributed by atoms with Gasteiger partial charge in [0.05, 0.1) is 6.61 Å². The van der Waals surface area contributed by atoms with Crippen LogP contribution in [0.25, 0.3) is 0 Å². The molecular weight excluding hydrogens is 345 g/mol. The molecule has 0 aromatic rings. The van der Waals surface area contributed by atoms with Crippen molar-refractivity contribution in [3.05, 3.63) is 12.2 Å². The average Bonchev–Trinajstić information content (AvgIpc) is 2.26. The Morgan fingerprint density at radius 1 is 1.35 bits per heavy atom. The van der Waals surface area contributed by atoms with E-state index in [1.165, 1.54) is 0 Å². The number of unbranched alkanes of at least 4 members (excludes halogenated alkanes) is 1. The smallest absolute Gasteiger partial charge is 1.00 e. The van der Waals surface area contributed by atoms with Crippen LogP contribution in [0, 0.1) is 5.92 Å². The Labute approximate surface area is 146 Å². The van der Waals surface area contributed by atoms with Gasteiger partial charge in [-0.05, 0) is 12.3 Å². The first-order chi connectivity index (χ1) is 7.60. The number of hydrogen-bond acceptors (Lipinski definition) is 3. The molecule has 5 heteroatoms. The Hall–Kier alpha value is 0.251. The number of hydrogen-bond donors (Lipinski definition) is 1. The SMILES string of the molecule is CCCCC(CC)COC(=O)C=CC(=O)O.[Ba+2].[H-].[H-]. The number of esters is 1. The van der Waals surface area contributed by atoms with E-state index in [4.69, 9.17) is 9.84 Å². The van der Waals surface area contributed by atoms with Gasteiger partial charge in [0, 0.05) is 12.2 Å². The minimum absolute atomic E-state index is 0. The standard InChI is InChI=1S/C12H20O4.Ba.2H/c1-3-5-6-10(4-2)9-16-12(15)8-7-11(13)14;;;/h7-8,10H,3-6,9H2,1-2H3,(H,13,14);;;/q;+2;2*-1. The second kappa shape index (κ2) is 12.7. The molecule has 1 atom stereocenters. The molecule has 0 rings (SSSR count). The van der Waals surface area contributed by atoms with Gasteiger partial charge in [-0.3, -0.25) is 0 Å². The molecule has 0 bridgehead atoms. The number of carboxylic acid groups (broad SMARTS) is 1. The van der Waals surface area contributed by atoms with Crippen molar-refractivity contribution in [2.45, 2.75) is 39.5 Å². The van der Waals surface area contributed by atoms with E-state index in [1.54, 1.807) is 0 Å². The van der Waals surface area contributed by atoms with Crippen LogP contribution in [0.2, 0.25) is 0 Å². The molecule has 0 aliphatic rings. The molecule has 0 radical (unpaired) electrons. The maximum absolute atomic E-state index is 11.1. The van der Waals surface area contributed by atoms with Gasteiger partial charge in [0.15, 0.2) is 0 Å².